The molecular formula is C23H19BrN2O4. The van der Waals surface area contributed by atoms with E-state index in [-0.39, 0.29) is 5.91 Å². The van der Waals surface area contributed by atoms with Crippen molar-refractivity contribution in [1.29, 1.82) is 0 Å². The highest BCUT2D eigenvalue weighted by molar-refractivity contribution is 9.10. The minimum Gasteiger partial charge on any atom is -0.490 e. The highest BCUT2D eigenvalue weighted by Gasteiger charge is 2.13. The summed E-state index contributed by atoms with van der Waals surface area (Å²) in [5, 5.41) is 3.98. The van der Waals surface area contributed by atoms with Gasteiger partial charge in [-0.1, -0.05) is 34.1 Å². The van der Waals surface area contributed by atoms with Crippen molar-refractivity contribution in [3.63, 3.8) is 0 Å². The van der Waals surface area contributed by atoms with Gasteiger partial charge in [0.1, 0.15) is 0 Å². The number of halogens is 1. The van der Waals surface area contributed by atoms with Crippen LogP contribution in [0.3, 0.4) is 0 Å². The fraction of sp³-hybridized carbons (Fsp3) is 0.0870. The molecular weight excluding hydrogens is 448 g/mol. The second-order valence-electron chi connectivity index (χ2n) is 6.10. The quantitative estimate of drug-likeness (QED) is 0.234. The first-order valence-electron chi connectivity index (χ1n) is 9.20. The number of hydrazone groups is 1. The fourth-order valence-electron chi connectivity index (χ4n) is 2.52. The van der Waals surface area contributed by atoms with Gasteiger partial charge in [0.15, 0.2) is 11.5 Å². The van der Waals surface area contributed by atoms with E-state index in [1.807, 2.05) is 13.0 Å². The number of carbonyl (C=O) groups is 2. The number of benzene rings is 3. The summed E-state index contributed by atoms with van der Waals surface area (Å²) in [7, 11) is 0. The maximum atomic E-state index is 12.3. The van der Waals surface area contributed by atoms with Crippen molar-refractivity contribution in [1.82, 2.24) is 5.43 Å². The molecule has 0 heterocycles. The lowest BCUT2D eigenvalue weighted by molar-refractivity contribution is 0.0728. The number of hydrogen-bond acceptors (Lipinski definition) is 5. The number of amides is 1. The number of esters is 1. The van der Waals surface area contributed by atoms with Gasteiger partial charge in [-0.2, -0.15) is 5.10 Å². The number of nitrogens with zero attached hydrogens (tertiary/aromatic N) is 1. The first-order chi connectivity index (χ1) is 14.6. The van der Waals surface area contributed by atoms with Gasteiger partial charge >= 0.3 is 5.97 Å². The maximum absolute atomic E-state index is 12.3. The third-order valence-electron chi connectivity index (χ3n) is 3.97. The Labute approximate surface area is 182 Å². The van der Waals surface area contributed by atoms with Crippen molar-refractivity contribution in [2.75, 3.05) is 6.61 Å². The van der Waals surface area contributed by atoms with Crippen LogP contribution < -0.4 is 14.9 Å². The summed E-state index contributed by atoms with van der Waals surface area (Å²) in [5.41, 5.74) is 4.09. The average Bonchev–Trinajstić information content (AvgIpc) is 2.76. The molecule has 0 fully saturated rings. The van der Waals surface area contributed by atoms with Crippen LogP contribution in [-0.2, 0) is 0 Å². The first-order valence-corrected chi connectivity index (χ1v) is 9.99. The Bertz CT molecular complexity index is 1050. The lowest BCUT2D eigenvalue weighted by Crippen LogP contribution is -2.17. The third kappa shape index (κ3) is 5.78. The highest BCUT2D eigenvalue weighted by atomic mass is 79.9. The van der Waals surface area contributed by atoms with E-state index < -0.39 is 5.97 Å². The Morgan fingerprint density at radius 1 is 0.967 bits per heavy atom. The van der Waals surface area contributed by atoms with Gasteiger partial charge < -0.3 is 9.47 Å². The molecule has 3 rings (SSSR count). The lowest BCUT2D eigenvalue weighted by Gasteiger charge is -2.11. The topological polar surface area (TPSA) is 77.0 Å². The Kier molecular flexibility index (Phi) is 7.34. The average molecular weight is 467 g/mol. The summed E-state index contributed by atoms with van der Waals surface area (Å²) in [6, 6.07) is 20.7. The van der Waals surface area contributed by atoms with Crippen LogP contribution in [0.1, 0.15) is 33.2 Å². The smallest absolute Gasteiger partial charge is 0.343 e. The van der Waals surface area contributed by atoms with Crippen LogP contribution in [0, 0.1) is 0 Å². The van der Waals surface area contributed by atoms with E-state index in [1.54, 1.807) is 66.7 Å². The van der Waals surface area contributed by atoms with Crippen LogP contribution in [0.15, 0.2) is 82.4 Å². The van der Waals surface area contributed by atoms with E-state index in [0.717, 1.165) is 4.47 Å². The van der Waals surface area contributed by atoms with Crippen molar-refractivity contribution in [3.8, 4) is 11.5 Å². The minimum absolute atomic E-state index is 0.307. The van der Waals surface area contributed by atoms with Crippen LogP contribution >= 0.6 is 15.9 Å². The predicted molar refractivity (Wildman–Crippen MR) is 118 cm³/mol. The molecule has 0 aliphatic carbocycles. The lowest BCUT2D eigenvalue weighted by atomic mass is 10.2. The van der Waals surface area contributed by atoms with Gasteiger partial charge in [-0.25, -0.2) is 10.2 Å². The molecule has 152 valence electrons. The molecule has 0 atom stereocenters. The molecule has 0 bridgehead atoms. The van der Waals surface area contributed by atoms with Crippen LogP contribution in [0.4, 0.5) is 0 Å². The monoisotopic (exact) mass is 466 g/mol. The Balaban J connectivity index is 1.69. The molecule has 1 N–H and O–H groups in total. The summed E-state index contributed by atoms with van der Waals surface area (Å²) < 4.78 is 11.9. The molecule has 30 heavy (non-hydrogen) atoms. The zero-order valence-corrected chi connectivity index (χ0v) is 17.8. The SMILES string of the molecule is CCOc1cc(C=NNC(=O)c2ccc(Br)cc2)ccc1OC(=O)c1ccccc1. The van der Waals surface area contributed by atoms with Gasteiger partial charge in [-0.15, -0.1) is 0 Å². The third-order valence-corrected chi connectivity index (χ3v) is 4.49. The summed E-state index contributed by atoms with van der Waals surface area (Å²) in [4.78, 5) is 24.4. The highest BCUT2D eigenvalue weighted by Crippen LogP contribution is 2.29. The van der Waals surface area contributed by atoms with Crippen molar-refractivity contribution < 1.29 is 19.1 Å². The number of ether oxygens (including phenoxy) is 2. The minimum atomic E-state index is -0.472. The van der Waals surface area contributed by atoms with Crippen LogP contribution in [-0.4, -0.2) is 24.7 Å². The van der Waals surface area contributed by atoms with Gasteiger partial charge in [0, 0.05) is 10.0 Å². The standard InChI is InChI=1S/C23H19BrN2O4/c1-2-29-21-14-16(15-25-26-22(27)17-9-11-19(24)12-10-17)8-13-20(21)30-23(28)18-6-4-3-5-7-18/h3-15H,2H2,1H3,(H,26,27). The molecule has 0 spiro atoms. The summed E-state index contributed by atoms with van der Waals surface area (Å²) >= 11 is 3.33. The van der Waals surface area contributed by atoms with Gasteiger partial charge in [0.25, 0.3) is 5.91 Å². The molecule has 6 nitrogen and oxygen atoms in total. The normalized spacial score (nSPS) is 10.6. The molecule has 3 aromatic rings. The summed E-state index contributed by atoms with van der Waals surface area (Å²) in [5.74, 6) is -0.0800. The van der Waals surface area contributed by atoms with E-state index >= 15 is 0 Å². The molecule has 0 saturated heterocycles. The van der Waals surface area contributed by atoms with Gasteiger partial charge in [-0.05, 0) is 67.1 Å². The summed E-state index contributed by atoms with van der Waals surface area (Å²) in [6.07, 6.45) is 1.49. The van der Waals surface area contributed by atoms with Crippen molar-refractivity contribution >= 4 is 34.0 Å². The molecule has 0 aliphatic rings. The van der Waals surface area contributed by atoms with Crippen LogP contribution in [0.25, 0.3) is 0 Å². The second kappa shape index (κ2) is 10.4. The van der Waals surface area contributed by atoms with E-state index in [1.165, 1.54) is 6.21 Å². The number of hydrogen-bond donors (Lipinski definition) is 1. The largest absolute Gasteiger partial charge is 0.490 e. The Hall–Kier alpha value is -3.45. The molecule has 0 aromatic heterocycles. The van der Waals surface area contributed by atoms with E-state index in [9.17, 15) is 9.59 Å². The molecule has 0 unspecified atom stereocenters. The van der Waals surface area contributed by atoms with E-state index in [0.29, 0.717) is 34.8 Å². The zero-order valence-electron chi connectivity index (χ0n) is 16.2. The van der Waals surface area contributed by atoms with Crippen LogP contribution in [0.2, 0.25) is 0 Å². The number of nitrogens with one attached hydrogen (secondary N) is 1. The molecule has 1 amide bonds. The van der Waals surface area contributed by atoms with E-state index in [2.05, 4.69) is 26.5 Å². The summed E-state index contributed by atoms with van der Waals surface area (Å²) in [6.45, 7) is 2.23. The predicted octanol–water partition coefficient (Wildman–Crippen LogP) is 4.83. The first kappa shape index (κ1) is 21.3. The Morgan fingerprint density at radius 3 is 2.40 bits per heavy atom. The van der Waals surface area contributed by atoms with Crippen LogP contribution in [0.5, 0.6) is 11.5 Å². The van der Waals surface area contributed by atoms with Crippen molar-refractivity contribution in [3.05, 3.63) is 94.0 Å². The Morgan fingerprint density at radius 2 is 1.70 bits per heavy atom. The number of carbonyl (C=O) groups excluding carboxylic acids is 2. The fourth-order valence-corrected chi connectivity index (χ4v) is 2.79. The number of rotatable bonds is 7. The maximum Gasteiger partial charge on any atom is 0.343 e. The van der Waals surface area contributed by atoms with Gasteiger partial charge in [0.05, 0.1) is 18.4 Å². The zero-order chi connectivity index (χ0) is 21.3. The van der Waals surface area contributed by atoms with Gasteiger partial charge in [0.2, 0.25) is 0 Å². The molecule has 7 heteroatoms. The van der Waals surface area contributed by atoms with Crippen molar-refractivity contribution in [2.45, 2.75) is 6.92 Å². The molecule has 0 radical (unpaired) electrons. The van der Waals surface area contributed by atoms with Crippen molar-refractivity contribution in [2.24, 2.45) is 5.10 Å². The molecule has 3 aromatic carbocycles. The second-order valence-corrected chi connectivity index (χ2v) is 7.02. The molecule has 0 saturated carbocycles. The van der Waals surface area contributed by atoms with Gasteiger partial charge in [-0.3, -0.25) is 4.79 Å². The molecule has 0 aliphatic heterocycles. The van der Waals surface area contributed by atoms with E-state index in [4.69, 9.17) is 9.47 Å².